The summed E-state index contributed by atoms with van der Waals surface area (Å²) in [5.41, 5.74) is 4.51. The molecule has 3 heterocycles. The fraction of sp³-hybridized carbons (Fsp3) is 0.0714. The van der Waals surface area contributed by atoms with Gasteiger partial charge in [0.1, 0.15) is 6.33 Å². The van der Waals surface area contributed by atoms with Crippen LogP contribution < -0.4 is 0 Å². The first kappa shape index (κ1) is 10.3. The van der Waals surface area contributed by atoms with Gasteiger partial charge in [0, 0.05) is 40.6 Å². The molecule has 0 spiro atoms. The molecule has 0 bridgehead atoms. The van der Waals surface area contributed by atoms with Crippen LogP contribution in [0, 0.1) is 6.92 Å². The molecule has 5 heteroatoms. The van der Waals surface area contributed by atoms with Crippen molar-refractivity contribution in [3.05, 3.63) is 48.7 Å². The van der Waals surface area contributed by atoms with Crippen molar-refractivity contribution in [2.45, 2.75) is 6.92 Å². The summed E-state index contributed by atoms with van der Waals surface area (Å²) in [6.07, 6.45) is 7.28. The van der Waals surface area contributed by atoms with E-state index in [0.717, 1.165) is 16.6 Å². The Morgan fingerprint density at radius 3 is 3.11 bits per heavy atom. The summed E-state index contributed by atoms with van der Waals surface area (Å²) >= 11 is 0. The monoisotopic (exact) mass is 249 g/mol. The number of aromatic nitrogens is 5. The molecule has 0 amide bonds. The van der Waals surface area contributed by atoms with Crippen LogP contribution in [0.4, 0.5) is 0 Å². The third kappa shape index (κ3) is 1.52. The number of aromatic amines is 1. The minimum Gasteiger partial charge on any atom is -0.361 e. The maximum atomic E-state index is 4.30. The van der Waals surface area contributed by atoms with Crippen molar-refractivity contribution >= 4 is 16.7 Å². The summed E-state index contributed by atoms with van der Waals surface area (Å²) in [4.78, 5) is 11.6. The number of benzene rings is 1. The molecule has 0 aliphatic carbocycles. The van der Waals surface area contributed by atoms with E-state index in [1.54, 1.807) is 4.52 Å². The summed E-state index contributed by atoms with van der Waals surface area (Å²) in [5, 5.41) is 5.32. The van der Waals surface area contributed by atoms with E-state index in [9.17, 15) is 0 Å². The van der Waals surface area contributed by atoms with Gasteiger partial charge in [0.15, 0.2) is 0 Å². The minimum atomic E-state index is 0.611. The van der Waals surface area contributed by atoms with Crippen LogP contribution in [-0.2, 0) is 0 Å². The SMILES string of the molecule is Cc1ccc2[nH]cc(-c3cnc4ncnn4c3)c2c1. The van der Waals surface area contributed by atoms with Crippen molar-refractivity contribution in [1.29, 1.82) is 0 Å². The van der Waals surface area contributed by atoms with E-state index in [1.807, 2.05) is 18.6 Å². The summed E-state index contributed by atoms with van der Waals surface area (Å²) in [5.74, 6) is 0.611. The van der Waals surface area contributed by atoms with Crippen LogP contribution in [0.1, 0.15) is 5.56 Å². The highest BCUT2D eigenvalue weighted by Gasteiger charge is 2.08. The zero-order valence-corrected chi connectivity index (χ0v) is 10.3. The lowest BCUT2D eigenvalue weighted by Gasteiger charge is -2.00. The third-order valence-electron chi connectivity index (χ3n) is 3.28. The number of hydrogen-bond donors (Lipinski definition) is 1. The van der Waals surface area contributed by atoms with Gasteiger partial charge in [-0.05, 0) is 19.1 Å². The molecule has 0 radical (unpaired) electrons. The minimum absolute atomic E-state index is 0.611. The second-order valence-corrected chi connectivity index (χ2v) is 4.60. The third-order valence-corrected chi connectivity index (χ3v) is 3.28. The van der Waals surface area contributed by atoms with Crippen LogP contribution in [0.2, 0.25) is 0 Å². The lowest BCUT2D eigenvalue weighted by atomic mass is 10.1. The lowest BCUT2D eigenvalue weighted by Crippen LogP contribution is -1.91. The van der Waals surface area contributed by atoms with Gasteiger partial charge >= 0.3 is 0 Å². The van der Waals surface area contributed by atoms with Crippen molar-refractivity contribution in [2.24, 2.45) is 0 Å². The Kier molecular flexibility index (Phi) is 1.97. The maximum Gasteiger partial charge on any atom is 0.252 e. The Bertz CT molecular complexity index is 887. The molecule has 4 rings (SSSR count). The molecule has 0 atom stereocenters. The van der Waals surface area contributed by atoms with Crippen molar-refractivity contribution in [2.75, 3.05) is 0 Å². The van der Waals surface area contributed by atoms with Crippen LogP contribution in [-0.4, -0.2) is 24.6 Å². The van der Waals surface area contributed by atoms with Crippen molar-refractivity contribution < 1.29 is 0 Å². The number of nitrogens with one attached hydrogen (secondary N) is 1. The van der Waals surface area contributed by atoms with Crippen LogP contribution in [0.15, 0.2) is 43.1 Å². The van der Waals surface area contributed by atoms with E-state index in [4.69, 9.17) is 0 Å². The normalized spacial score (nSPS) is 11.4. The molecule has 5 nitrogen and oxygen atoms in total. The van der Waals surface area contributed by atoms with Gasteiger partial charge in [-0.3, -0.25) is 0 Å². The van der Waals surface area contributed by atoms with Crippen LogP contribution in [0.25, 0.3) is 27.8 Å². The average Bonchev–Trinajstić information content (AvgIpc) is 3.03. The molecular formula is C14H11N5. The summed E-state index contributed by atoms with van der Waals surface area (Å²) in [6, 6.07) is 6.36. The molecule has 1 N–H and O–H groups in total. The molecule has 19 heavy (non-hydrogen) atoms. The second kappa shape index (κ2) is 3.65. The van der Waals surface area contributed by atoms with Crippen molar-refractivity contribution in [3.63, 3.8) is 0 Å². The maximum absolute atomic E-state index is 4.30. The topological polar surface area (TPSA) is 58.9 Å². The molecule has 1 aromatic carbocycles. The van der Waals surface area contributed by atoms with Crippen LogP contribution in [0.3, 0.4) is 0 Å². The van der Waals surface area contributed by atoms with Gasteiger partial charge in [-0.2, -0.15) is 10.1 Å². The number of aryl methyl sites for hydroxylation is 1. The number of nitrogens with zero attached hydrogens (tertiary/aromatic N) is 4. The van der Waals surface area contributed by atoms with Gasteiger partial charge in [-0.25, -0.2) is 9.50 Å². The summed E-state index contributed by atoms with van der Waals surface area (Å²) in [6.45, 7) is 2.09. The standard InChI is InChI=1S/C14H11N5/c1-9-2-3-13-11(4-9)12(6-15-13)10-5-16-14-17-8-18-19(14)7-10/h2-8,15H,1H3. The summed E-state index contributed by atoms with van der Waals surface area (Å²) in [7, 11) is 0. The Labute approximate surface area is 108 Å². The molecule has 0 saturated heterocycles. The van der Waals surface area contributed by atoms with Gasteiger partial charge in [0.05, 0.1) is 0 Å². The Morgan fingerprint density at radius 1 is 1.21 bits per heavy atom. The van der Waals surface area contributed by atoms with Gasteiger partial charge in [0.25, 0.3) is 5.78 Å². The number of rotatable bonds is 1. The average molecular weight is 249 g/mol. The Morgan fingerprint density at radius 2 is 2.16 bits per heavy atom. The Hall–Kier alpha value is -2.69. The van der Waals surface area contributed by atoms with Gasteiger partial charge in [-0.15, -0.1) is 0 Å². The molecule has 0 aliphatic rings. The highest BCUT2D eigenvalue weighted by Crippen LogP contribution is 2.28. The zero-order valence-electron chi connectivity index (χ0n) is 10.3. The fourth-order valence-corrected chi connectivity index (χ4v) is 2.33. The lowest BCUT2D eigenvalue weighted by molar-refractivity contribution is 0.941. The molecule has 4 aromatic rings. The molecule has 92 valence electrons. The van der Waals surface area contributed by atoms with E-state index < -0.39 is 0 Å². The zero-order chi connectivity index (χ0) is 12.8. The predicted molar refractivity (Wildman–Crippen MR) is 72.8 cm³/mol. The van der Waals surface area contributed by atoms with Crippen molar-refractivity contribution in [1.82, 2.24) is 24.6 Å². The van der Waals surface area contributed by atoms with E-state index in [1.165, 1.54) is 17.3 Å². The number of fused-ring (bicyclic) bond motifs is 2. The largest absolute Gasteiger partial charge is 0.361 e. The van der Waals surface area contributed by atoms with Crippen LogP contribution >= 0.6 is 0 Å². The molecule has 0 aliphatic heterocycles. The van der Waals surface area contributed by atoms with Crippen molar-refractivity contribution in [3.8, 4) is 11.1 Å². The van der Waals surface area contributed by atoms with E-state index in [0.29, 0.717) is 5.78 Å². The Balaban J connectivity index is 2.00. The van der Waals surface area contributed by atoms with Gasteiger partial charge in [0.2, 0.25) is 0 Å². The molecular weight excluding hydrogens is 238 g/mol. The first-order valence-electron chi connectivity index (χ1n) is 6.05. The fourth-order valence-electron chi connectivity index (χ4n) is 2.33. The van der Waals surface area contributed by atoms with Crippen LogP contribution in [0.5, 0.6) is 0 Å². The highest BCUT2D eigenvalue weighted by atomic mass is 15.3. The van der Waals surface area contributed by atoms with E-state index >= 15 is 0 Å². The van der Waals surface area contributed by atoms with E-state index in [-0.39, 0.29) is 0 Å². The quantitative estimate of drug-likeness (QED) is 0.564. The molecule has 3 aromatic heterocycles. The summed E-state index contributed by atoms with van der Waals surface area (Å²) < 4.78 is 1.68. The molecule has 0 fully saturated rings. The van der Waals surface area contributed by atoms with Gasteiger partial charge < -0.3 is 4.98 Å². The first-order valence-corrected chi connectivity index (χ1v) is 6.05. The number of H-pyrrole nitrogens is 1. The second-order valence-electron chi connectivity index (χ2n) is 4.60. The van der Waals surface area contributed by atoms with Gasteiger partial charge in [-0.1, -0.05) is 11.6 Å². The molecule has 0 unspecified atom stereocenters. The smallest absolute Gasteiger partial charge is 0.252 e. The molecule has 0 saturated carbocycles. The predicted octanol–water partition coefficient (Wildman–Crippen LogP) is 2.58. The van der Waals surface area contributed by atoms with E-state index in [2.05, 4.69) is 45.2 Å². The first-order chi connectivity index (χ1) is 9.31. The highest BCUT2D eigenvalue weighted by molar-refractivity contribution is 5.95. The number of hydrogen-bond acceptors (Lipinski definition) is 3.